The van der Waals surface area contributed by atoms with Gasteiger partial charge in [0.25, 0.3) is 0 Å². The fourth-order valence-corrected chi connectivity index (χ4v) is 4.25. The molecule has 0 aliphatic carbocycles. The molecule has 0 aliphatic heterocycles. The number of aliphatic carboxylic acids is 2. The Bertz CT molecular complexity index is 1470. The van der Waals surface area contributed by atoms with Crippen molar-refractivity contribution in [1.82, 2.24) is 16.0 Å². The van der Waals surface area contributed by atoms with Gasteiger partial charge in [-0.05, 0) is 36.8 Å². The second-order valence-corrected chi connectivity index (χ2v) is 10.9. The molecule has 3 amide bonds. The van der Waals surface area contributed by atoms with Crippen molar-refractivity contribution in [3.8, 4) is 0 Å². The summed E-state index contributed by atoms with van der Waals surface area (Å²) in [4.78, 5) is 64.7. The molecule has 2 rings (SSSR count). The molecular weight excluding hydrogens is 665 g/mol. The Hall–Kier alpha value is -5.68. The Kier molecular flexibility index (Phi) is 18.1. The van der Waals surface area contributed by atoms with Crippen LogP contribution in [0.5, 0.6) is 0 Å². The average Bonchev–Trinajstić information content (AvgIpc) is 3.05. The third-order valence-corrected chi connectivity index (χ3v) is 6.93. The van der Waals surface area contributed by atoms with Crippen LogP contribution in [0.2, 0.25) is 0 Å². The van der Waals surface area contributed by atoms with Gasteiger partial charge in [0, 0.05) is 18.7 Å². The minimum absolute atomic E-state index is 0.0231. The lowest BCUT2D eigenvalue weighted by Gasteiger charge is -2.24. The SMILES string of the molecule is CCCC[C@@H](NC(=O)C(Cc1ccc(C(=N)N)cc1)C(=O)NCc1ccccc1)C(=O)N[C@@H](CCCN=C(N)N)C(=O)O.O=C(O)C(F)(F)F. The maximum atomic E-state index is 13.6. The van der Waals surface area contributed by atoms with Gasteiger partial charge in [0.05, 0.1) is 0 Å². The largest absolute Gasteiger partial charge is 0.490 e. The van der Waals surface area contributed by atoms with Crippen molar-refractivity contribution >= 4 is 41.5 Å². The number of carbonyl (C=O) groups excluding carboxylic acids is 3. The van der Waals surface area contributed by atoms with Gasteiger partial charge >= 0.3 is 18.1 Å². The van der Waals surface area contributed by atoms with Crippen LogP contribution < -0.4 is 33.2 Å². The smallest absolute Gasteiger partial charge is 0.480 e. The maximum Gasteiger partial charge on any atom is 0.490 e. The number of nitrogen functional groups attached to an aromatic ring is 1. The average molecular weight is 709 g/mol. The molecule has 1 unspecified atom stereocenters. The highest BCUT2D eigenvalue weighted by atomic mass is 19.4. The zero-order chi connectivity index (χ0) is 37.9. The van der Waals surface area contributed by atoms with Crippen LogP contribution in [0.25, 0.3) is 0 Å². The van der Waals surface area contributed by atoms with Gasteiger partial charge in [0.15, 0.2) is 5.96 Å². The molecule has 0 radical (unpaired) electrons. The maximum absolute atomic E-state index is 13.6. The fraction of sp³-hybridized carbons (Fsp3) is 0.406. The van der Waals surface area contributed by atoms with E-state index in [1.807, 2.05) is 37.3 Å². The molecule has 0 saturated carbocycles. The van der Waals surface area contributed by atoms with Crippen molar-refractivity contribution in [2.75, 3.05) is 6.54 Å². The summed E-state index contributed by atoms with van der Waals surface area (Å²) in [7, 11) is 0. The summed E-state index contributed by atoms with van der Waals surface area (Å²) >= 11 is 0. The zero-order valence-electron chi connectivity index (χ0n) is 27.3. The van der Waals surface area contributed by atoms with Crippen LogP contribution in [0, 0.1) is 11.3 Å². The summed E-state index contributed by atoms with van der Waals surface area (Å²) in [6.45, 7) is 2.32. The Labute approximate surface area is 286 Å². The fourth-order valence-electron chi connectivity index (χ4n) is 4.25. The van der Waals surface area contributed by atoms with E-state index in [-0.39, 0.29) is 44.1 Å². The third kappa shape index (κ3) is 16.4. The minimum atomic E-state index is -5.08. The van der Waals surface area contributed by atoms with Crippen LogP contribution in [0.15, 0.2) is 59.6 Å². The lowest BCUT2D eigenvalue weighted by atomic mass is 9.95. The first kappa shape index (κ1) is 42.3. The lowest BCUT2D eigenvalue weighted by molar-refractivity contribution is -0.192. The van der Waals surface area contributed by atoms with E-state index in [9.17, 15) is 37.5 Å². The predicted molar refractivity (Wildman–Crippen MR) is 178 cm³/mol. The van der Waals surface area contributed by atoms with Crippen LogP contribution in [0.3, 0.4) is 0 Å². The van der Waals surface area contributed by atoms with Crippen LogP contribution in [0.4, 0.5) is 13.2 Å². The van der Waals surface area contributed by atoms with Crippen molar-refractivity contribution in [3.63, 3.8) is 0 Å². The first-order valence-electron chi connectivity index (χ1n) is 15.4. The highest BCUT2D eigenvalue weighted by Crippen LogP contribution is 2.15. The summed E-state index contributed by atoms with van der Waals surface area (Å²) in [5.74, 6) is -7.27. The van der Waals surface area contributed by atoms with Crippen molar-refractivity contribution in [2.24, 2.45) is 28.1 Å². The number of guanidine groups is 1. The number of nitrogens with one attached hydrogen (secondary N) is 4. The molecule has 2 aromatic carbocycles. The highest BCUT2D eigenvalue weighted by Gasteiger charge is 2.38. The number of carboxylic acid groups (broad SMARTS) is 2. The van der Waals surface area contributed by atoms with Gasteiger partial charge in [-0.2, -0.15) is 13.2 Å². The van der Waals surface area contributed by atoms with Crippen molar-refractivity contribution in [2.45, 2.75) is 70.3 Å². The molecule has 274 valence electrons. The lowest BCUT2D eigenvalue weighted by Crippen LogP contribution is -2.54. The number of halogens is 3. The number of alkyl halides is 3. The van der Waals surface area contributed by atoms with Crippen LogP contribution >= 0.6 is 0 Å². The number of carboxylic acids is 2. The van der Waals surface area contributed by atoms with Gasteiger partial charge in [-0.15, -0.1) is 0 Å². The van der Waals surface area contributed by atoms with E-state index in [1.165, 1.54) is 0 Å². The Morgan fingerprint density at radius 1 is 0.820 bits per heavy atom. The van der Waals surface area contributed by atoms with Crippen LogP contribution in [-0.4, -0.2) is 76.5 Å². The van der Waals surface area contributed by atoms with E-state index in [2.05, 4.69) is 20.9 Å². The standard InChI is InChI=1S/C30H42N8O5.C2HF3O2/c1-2-3-10-23(28(41)38-24(29(42)43)11-7-16-35-30(33)34)37-27(40)22(17-19-12-14-21(15-13-19)25(31)32)26(39)36-18-20-8-5-4-6-9-20;3-2(4,5)1(6)7/h4-6,8-9,12-15,22-24H,2-3,7,10-11,16-18H2,1H3,(H3,31,32)(H,36,39)(H,37,40)(H,38,41)(H,42,43)(H4,33,34,35);(H,6,7)/t22?,23-,24+;/m1./s1. The number of carbonyl (C=O) groups is 5. The van der Waals surface area contributed by atoms with Gasteiger partial charge in [-0.25, -0.2) is 9.59 Å². The van der Waals surface area contributed by atoms with Gasteiger partial charge in [0.1, 0.15) is 23.8 Å². The quantitative estimate of drug-likeness (QED) is 0.0464. The summed E-state index contributed by atoms with van der Waals surface area (Å²) in [6, 6.07) is 13.6. The normalized spacial score (nSPS) is 12.5. The van der Waals surface area contributed by atoms with E-state index in [4.69, 9.17) is 32.5 Å². The zero-order valence-corrected chi connectivity index (χ0v) is 27.3. The number of aliphatic imine (C=N–C) groups is 1. The van der Waals surface area contributed by atoms with E-state index < -0.39 is 53.8 Å². The van der Waals surface area contributed by atoms with Crippen molar-refractivity contribution in [1.29, 1.82) is 5.41 Å². The molecule has 0 aromatic heterocycles. The Morgan fingerprint density at radius 3 is 1.88 bits per heavy atom. The second kappa shape index (κ2) is 21.3. The first-order valence-corrected chi connectivity index (χ1v) is 15.4. The molecule has 0 saturated heterocycles. The molecule has 50 heavy (non-hydrogen) atoms. The summed E-state index contributed by atoms with van der Waals surface area (Å²) in [5, 5.41) is 32.4. The monoisotopic (exact) mass is 708 g/mol. The number of benzene rings is 2. The topological polar surface area (TPSA) is 276 Å². The summed E-state index contributed by atoms with van der Waals surface area (Å²) < 4.78 is 31.7. The van der Waals surface area contributed by atoms with Gasteiger partial charge in [-0.1, -0.05) is 74.4 Å². The van der Waals surface area contributed by atoms with Crippen LogP contribution in [-0.2, 0) is 36.9 Å². The minimum Gasteiger partial charge on any atom is -0.480 e. The predicted octanol–water partition coefficient (Wildman–Crippen LogP) is 1.38. The number of unbranched alkanes of at least 4 members (excludes halogenated alkanes) is 1. The van der Waals surface area contributed by atoms with Crippen LogP contribution in [0.1, 0.15) is 55.7 Å². The number of amidine groups is 1. The Balaban J connectivity index is 0.00000161. The van der Waals surface area contributed by atoms with Crippen molar-refractivity contribution in [3.05, 3.63) is 71.3 Å². The van der Waals surface area contributed by atoms with Gasteiger partial charge in [0.2, 0.25) is 17.7 Å². The Morgan fingerprint density at radius 2 is 1.38 bits per heavy atom. The number of hydrogen-bond donors (Lipinski definition) is 9. The number of hydrogen-bond acceptors (Lipinski definition) is 7. The number of nitrogens with zero attached hydrogens (tertiary/aromatic N) is 1. The second-order valence-electron chi connectivity index (χ2n) is 10.9. The number of rotatable bonds is 18. The highest BCUT2D eigenvalue weighted by molar-refractivity contribution is 6.02. The van der Waals surface area contributed by atoms with E-state index in [0.29, 0.717) is 24.0 Å². The molecule has 0 heterocycles. The van der Waals surface area contributed by atoms with Gasteiger partial charge < -0.3 is 43.4 Å². The number of amides is 3. The van der Waals surface area contributed by atoms with E-state index in [1.54, 1.807) is 24.3 Å². The number of nitrogens with two attached hydrogens (primary N) is 3. The molecular formula is C32H43F3N8O7. The molecule has 0 bridgehead atoms. The molecule has 0 fully saturated rings. The summed E-state index contributed by atoms with van der Waals surface area (Å²) in [6.07, 6.45) is -3.11. The molecule has 2 aromatic rings. The molecule has 3 atom stereocenters. The molecule has 0 aliphatic rings. The molecule has 18 heteroatoms. The third-order valence-electron chi connectivity index (χ3n) is 6.93. The van der Waals surface area contributed by atoms with Gasteiger partial charge in [-0.3, -0.25) is 24.8 Å². The molecule has 0 spiro atoms. The summed E-state index contributed by atoms with van der Waals surface area (Å²) in [5.41, 5.74) is 18.2. The molecule has 12 N–H and O–H groups in total. The van der Waals surface area contributed by atoms with E-state index in [0.717, 1.165) is 12.0 Å². The van der Waals surface area contributed by atoms with E-state index >= 15 is 0 Å². The first-order chi connectivity index (χ1) is 23.5. The molecule has 15 nitrogen and oxygen atoms in total. The van der Waals surface area contributed by atoms with Crippen molar-refractivity contribution < 1.29 is 47.4 Å².